The van der Waals surface area contributed by atoms with Gasteiger partial charge >= 0.3 is 0 Å². The molecule has 3 rings (SSSR count). The molecule has 2 aromatic rings. The molecule has 1 aliphatic rings. The third kappa shape index (κ3) is 2.91. The Kier molecular flexibility index (Phi) is 4.84. The fraction of sp³-hybridized carbons (Fsp3) is 0.316. The summed E-state index contributed by atoms with van der Waals surface area (Å²) in [6.45, 7) is 3.21. The number of hydrogen-bond acceptors (Lipinski definition) is 3. The first-order chi connectivity index (χ1) is 12.2. The summed E-state index contributed by atoms with van der Waals surface area (Å²) in [6.07, 6.45) is 1.52. The van der Waals surface area contributed by atoms with Gasteiger partial charge in [-0.2, -0.15) is 0 Å². The minimum atomic E-state index is -4.18. The molecule has 0 heterocycles. The van der Waals surface area contributed by atoms with Crippen LogP contribution in [0.3, 0.4) is 0 Å². The highest BCUT2D eigenvalue weighted by molar-refractivity contribution is 7.90. The number of halogens is 2. The van der Waals surface area contributed by atoms with Gasteiger partial charge in [-0.1, -0.05) is 36.7 Å². The lowest BCUT2D eigenvalue weighted by Crippen LogP contribution is -2.45. The lowest BCUT2D eigenvalue weighted by atomic mass is 9.79. The number of carbonyl (C=O) groups is 1. The van der Waals surface area contributed by atoms with Gasteiger partial charge in [0.1, 0.15) is 5.82 Å². The fourth-order valence-corrected chi connectivity index (χ4v) is 5.23. The van der Waals surface area contributed by atoms with E-state index in [4.69, 9.17) is 11.6 Å². The van der Waals surface area contributed by atoms with E-state index in [0.717, 1.165) is 11.1 Å². The monoisotopic (exact) mass is 395 g/mol. The standard InChI is InChI=1S/C19H19ClFNO3S/c1-3-19(11-10-13-14(19)6-4-7-15(13)20)18(23)22-26(24,25)17-9-5-8-16(21)12(17)2/h4-9H,3,10-11H2,1-2H3,(H,22,23). The number of hydrogen-bond donors (Lipinski definition) is 1. The van der Waals surface area contributed by atoms with Crippen LogP contribution in [-0.2, 0) is 26.7 Å². The van der Waals surface area contributed by atoms with Gasteiger partial charge in [0.25, 0.3) is 10.0 Å². The van der Waals surface area contributed by atoms with E-state index in [1.165, 1.54) is 25.1 Å². The van der Waals surface area contributed by atoms with Gasteiger partial charge in [-0.05, 0) is 55.5 Å². The molecule has 1 N–H and O–H groups in total. The van der Waals surface area contributed by atoms with Crippen LogP contribution in [0.5, 0.6) is 0 Å². The summed E-state index contributed by atoms with van der Waals surface area (Å²) in [5.41, 5.74) is 0.657. The molecule has 0 saturated carbocycles. The summed E-state index contributed by atoms with van der Waals surface area (Å²) in [5, 5.41) is 0.578. The SMILES string of the molecule is CCC1(C(=O)NS(=O)(=O)c2cccc(F)c2C)CCc2c(Cl)cccc21. The van der Waals surface area contributed by atoms with Gasteiger partial charge in [0.15, 0.2) is 0 Å². The lowest BCUT2D eigenvalue weighted by Gasteiger charge is -2.28. The van der Waals surface area contributed by atoms with Crippen molar-refractivity contribution < 1.29 is 17.6 Å². The van der Waals surface area contributed by atoms with Crippen molar-refractivity contribution in [2.45, 2.75) is 43.4 Å². The zero-order chi connectivity index (χ0) is 19.1. The predicted octanol–water partition coefficient (Wildman–Crippen LogP) is 3.89. The average molecular weight is 396 g/mol. The number of amides is 1. The summed E-state index contributed by atoms with van der Waals surface area (Å²) in [5.74, 6) is -1.24. The maximum absolute atomic E-state index is 13.7. The van der Waals surface area contributed by atoms with Crippen LogP contribution in [0.1, 0.15) is 36.5 Å². The molecule has 138 valence electrons. The number of sulfonamides is 1. The highest BCUT2D eigenvalue weighted by Gasteiger charge is 2.45. The predicted molar refractivity (Wildman–Crippen MR) is 98.2 cm³/mol. The number of carbonyl (C=O) groups excluding carboxylic acids is 1. The van der Waals surface area contributed by atoms with E-state index in [0.29, 0.717) is 24.3 Å². The van der Waals surface area contributed by atoms with Gasteiger partial charge in [-0.15, -0.1) is 0 Å². The van der Waals surface area contributed by atoms with Crippen LogP contribution in [0, 0.1) is 12.7 Å². The molecular formula is C19H19ClFNO3S. The molecule has 2 aromatic carbocycles. The van der Waals surface area contributed by atoms with Gasteiger partial charge in [0.05, 0.1) is 10.3 Å². The summed E-state index contributed by atoms with van der Waals surface area (Å²) < 4.78 is 41.3. The maximum Gasteiger partial charge on any atom is 0.264 e. The first-order valence-electron chi connectivity index (χ1n) is 8.33. The van der Waals surface area contributed by atoms with Crippen molar-refractivity contribution in [1.29, 1.82) is 0 Å². The first-order valence-corrected chi connectivity index (χ1v) is 10.2. The Labute approximate surface area is 157 Å². The Bertz CT molecular complexity index is 990. The molecular weight excluding hydrogens is 377 g/mol. The molecule has 1 unspecified atom stereocenters. The highest BCUT2D eigenvalue weighted by atomic mass is 35.5. The Morgan fingerprint density at radius 3 is 2.65 bits per heavy atom. The van der Waals surface area contributed by atoms with Gasteiger partial charge in [0.2, 0.25) is 5.91 Å². The van der Waals surface area contributed by atoms with Gasteiger partial charge < -0.3 is 0 Å². The summed E-state index contributed by atoms with van der Waals surface area (Å²) in [7, 11) is -4.18. The average Bonchev–Trinajstić information content (AvgIpc) is 2.98. The maximum atomic E-state index is 13.7. The first kappa shape index (κ1) is 18.9. The molecule has 0 bridgehead atoms. The van der Waals surface area contributed by atoms with Crippen LogP contribution >= 0.6 is 11.6 Å². The van der Waals surface area contributed by atoms with Crippen LogP contribution in [0.4, 0.5) is 4.39 Å². The van der Waals surface area contributed by atoms with Crippen molar-refractivity contribution in [2.75, 3.05) is 0 Å². The zero-order valence-corrected chi connectivity index (χ0v) is 16.0. The van der Waals surface area contributed by atoms with E-state index < -0.39 is 27.2 Å². The largest absolute Gasteiger partial charge is 0.273 e. The number of benzene rings is 2. The smallest absolute Gasteiger partial charge is 0.264 e. The number of nitrogens with one attached hydrogen (secondary N) is 1. The fourth-order valence-electron chi connectivity index (χ4n) is 3.65. The second-order valence-corrected chi connectivity index (χ2v) is 8.56. The summed E-state index contributed by atoms with van der Waals surface area (Å²) >= 11 is 6.23. The van der Waals surface area contributed by atoms with Crippen LogP contribution < -0.4 is 4.72 Å². The van der Waals surface area contributed by atoms with Crippen LogP contribution in [0.25, 0.3) is 0 Å². The van der Waals surface area contributed by atoms with Crippen molar-refractivity contribution in [3.63, 3.8) is 0 Å². The third-order valence-electron chi connectivity index (χ3n) is 5.21. The van der Waals surface area contributed by atoms with Crippen LogP contribution in [0.15, 0.2) is 41.3 Å². The molecule has 1 aliphatic carbocycles. The van der Waals surface area contributed by atoms with Crippen molar-refractivity contribution >= 4 is 27.5 Å². The second-order valence-electron chi connectivity index (χ2n) is 6.50. The Morgan fingerprint density at radius 1 is 1.27 bits per heavy atom. The number of fused-ring (bicyclic) bond motifs is 1. The van der Waals surface area contributed by atoms with Crippen molar-refractivity contribution in [2.24, 2.45) is 0 Å². The molecule has 7 heteroatoms. The molecule has 0 fully saturated rings. The topological polar surface area (TPSA) is 63.2 Å². The van der Waals surface area contributed by atoms with E-state index >= 15 is 0 Å². The minimum Gasteiger partial charge on any atom is -0.273 e. The van der Waals surface area contributed by atoms with Crippen LogP contribution in [0.2, 0.25) is 5.02 Å². The molecule has 0 aliphatic heterocycles. The van der Waals surface area contributed by atoms with E-state index in [1.54, 1.807) is 12.1 Å². The normalized spacial score (nSPS) is 19.2. The molecule has 26 heavy (non-hydrogen) atoms. The molecule has 0 radical (unpaired) electrons. The Balaban J connectivity index is 2.00. The van der Waals surface area contributed by atoms with Gasteiger partial charge in [-0.3, -0.25) is 4.79 Å². The Morgan fingerprint density at radius 2 is 1.96 bits per heavy atom. The Hall–Kier alpha value is -1.92. The zero-order valence-electron chi connectivity index (χ0n) is 14.5. The number of rotatable bonds is 4. The third-order valence-corrected chi connectivity index (χ3v) is 7.04. The summed E-state index contributed by atoms with van der Waals surface area (Å²) in [4.78, 5) is 12.8. The van der Waals surface area contributed by atoms with Crippen LogP contribution in [-0.4, -0.2) is 14.3 Å². The molecule has 0 aromatic heterocycles. The van der Waals surface area contributed by atoms with E-state index in [9.17, 15) is 17.6 Å². The highest BCUT2D eigenvalue weighted by Crippen LogP contribution is 2.44. The molecule has 1 amide bonds. The van der Waals surface area contributed by atoms with Crippen molar-refractivity contribution in [1.82, 2.24) is 4.72 Å². The van der Waals surface area contributed by atoms with Gasteiger partial charge in [-0.25, -0.2) is 17.5 Å². The molecule has 0 spiro atoms. The minimum absolute atomic E-state index is 0.0202. The molecule has 4 nitrogen and oxygen atoms in total. The van der Waals surface area contributed by atoms with Crippen molar-refractivity contribution in [3.8, 4) is 0 Å². The quantitative estimate of drug-likeness (QED) is 0.854. The second kappa shape index (κ2) is 6.67. The van der Waals surface area contributed by atoms with E-state index in [1.807, 2.05) is 13.0 Å². The molecule has 0 saturated heterocycles. The van der Waals surface area contributed by atoms with Crippen molar-refractivity contribution in [3.05, 3.63) is 63.9 Å². The summed E-state index contributed by atoms with van der Waals surface area (Å²) in [6, 6.07) is 9.11. The van der Waals surface area contributed by atoms with E-state index in [2.05, 4.69) is 4.72 Å². The lowest BCUT2D eigenvalue weighted by molar-refractivity contribution is -0.125. The van der Waals surface area contributed by atoms with E-state index in [-0.39, 0.29) is 10.5 Å². The molecule has 1 atom stereocenters. The van der Waals surface area contributed by atoms with Gasteiger partial charge in [0, 0.05) is 10.6 Å².